The molecule has 0 aliphatic carbocycles. The average molecular weight is 447 g/mol. The lowest BCUT2D eigenvalue weighted by Gasteiger charge is -2.32. The molecule has 0 spiro atoms. The van der Waals surface area contributed by atoms with E-state index in [-0.39, 0.29) is 34.1 Å². The van der Waals surface area contributed by atoms with Crippen molar-refractivity contribution in [2.24, 2.45) is 5.92 Å². The summed E-state index contributed by atoms with van der Waals surface area (Å²) in [5.41, 5.74) is 0.644. The Kier molecular flexibility index (Phi) is 7.30. The maximum atomic E-state index is 12.5. The maximum Gasteiger partial charge on any atom is 0.321 e. The minimum atomic E-state index is -0.564. The zero-order valence-corrected chi connectivity index (χ0v) is 17.7. The Balaban J connectivity index is 1.47. The second-order valence-electron chi connectivity index (χ2n) is 7.19. The highest BCUT2D eigenvalue weighted by atomic mass is 35.5. The van der Waals surface area contributed by atoms with E-state index in [4.69, 9.17) is 16.3 Å². The number of benzene rings is 2. The molecular formula is C21H23ClN4O5. The lowest BCUT2D eigenvalue weighted by Crippen LogP contribution is -2.43. The number of nitrogens with one attached hydrogen (secondary N) is 2. The summed E-state index contributed by atoms with van der Waals surface area (Å²) in [6.07, 6.45) is 1.49. The van der Waals surface area contributed by atoms with Gasteiger partial charge in [-0.2, -0.15) is 0 Å². The first-order chi connectivity index (χ1) is 14.9. The van der Waals surface area contributed by atoms with E-state index in [1.165, 1.54) is 12.1 Å². The van der Waals surface area contributed by atoms with E-state index in [1.54, 1.807) is 24.1 Å². The van der Waals surface area contributed by atoms with Gasteiger partial charge >= 0.3 is 6.03 Å². The van der Waals surface area contributed by atoms with Gasteiger partial charge in [0, 0.05) is 31.8 Å². The van der Waals surface area contributed by atoms with E-state index in [0.29, 0.717) is 31.1 Å². The normalized spacial score (nSPS) is 14.1. The second-order valence-corrected chi connectivity index (χ2v) is 7.60. The Hall–Kier alpha value is -3.33. The van der Waals surface area contributed by atoms with Gasteiger partial charge in [0.25, 0.3) is 11.6 Å². The zero-order chi connectivity index (χ0) is 22.4. The molecule has 0 saturated carbocycles. The van der Waals surface area contributed by atoms with Crippen LogP contribution in [0.4, 0.5) is 16.2 Å². The van der Waals surface area contributed by atoms with Crippen LogP contribution in [0.15, 0.2) is 42.5 Å². The molecule has 10 heteroatoms. The fraction of sp³-hybridized carbons (Fsp3) is 0.333. The van der Waals surface area contributed by atoms with Crippen molar-refractivity contribution in [1.82, 2.24) is 10.2 Å². The summed E-state index contributed by atoms with van der Waals surface area (Å²) in [7, 11) is 1.55. The number of amides is 3. The van der Waals surface area contributed by atoms with E-state index >= 15 is 0 Å². The highest BCUT2D eigenvalue weighted by Gasteiger charge is 2.24. The monoisotopic (exact) mass is 446 g/mol. The lowest BCUT2D eigenvalue weighted by molar-refractivity contribution is -0.384. The number of likely N-dealkylation sites (tertiary alicyclic amines) is 1. The van der Waals surface area contributed by atoms with Crippen molar-refractivity contribution < 1.29 is 19.2 Å². The molecule has 3 amide bonds. The van der Waals surface area contributed by atoms with E-state index < -0.39 is 4.92 Å². The Morgan fingerprint density at radius 3 is 2.58 bits per heavy atom. The third-order valence-electron chi connectivity index (χ3n) is 5.21. The van der Waals surface area contributed by atoms with Crippen LogP contribution in [0.1, 0.15) is 23.2 Å². The Bertz CT molecular complexity index is 976. The molecule has 3 rings (SSSR count). The van der Waals surface area contributed by atoms with Gasteiger partial charge < -0.3 is 20.3 Å². The van der Waals surface area contributed by atoms with Crippen molar-refractivity contribution in [3.63, 3.8) is 0 Å². The number of hydrogen-bond donors (Lipinski definition) is 2. The molecule has 1 fully saturated rings. The number of para-hydroxylation sites is 2. The fourth-order valence-electron chi connectivity index (χ4n) is 3.42. The Morgan fingerprint density at radius 1 is 1.23 bits per heavy atom. The van der Waals surface area contributed by atoms with Crippen molar-refractivity contribution in [3.05, 3.63) is 63.2 Å². The number of halogens is 1. The molecule has 0 aromatic heterocycles. The minimum Gasteiger partial charge on any atom is -0.495 e. The molecule has 0 radical (unpaired) electrons. The zero-order valence-electron chi connectivity index (χ0n) is 17.0. The SMILES string of the molecule is COc1ccccc1NC(=O)N1CCC(CNC(=O)c2ccc([N+](=O)[O-])cc2Cl)CC1. The van der Waals surface area contributed by atoms with Gasteiger partial charge in [-0.3, -0.25) is 14.9 Å². The van der Waals surface area contributed by atoms with Crippen LogP contribution in [0.2, 0.25) is 5.02 Å². The maximum absolute atomic E-state index is 12.5. The van der Waals surface area contributed by atoms with Crippen LogP contribution in [0.25, 0.3) is 0 Å². The molecule has 1 heterocycles. The molecule has 0 atom stereocenters. The summed E-state index contributed by atoms with van der Waals surface area (Å²) in [5.74, 6) is 0.436. The predicted molar refractivity (Wildman–Crippen MR) is 117 cm³/mol. The molecule has 0 bridgehead atoms. The lowest BCUT2D eigenvalue weighted by atomic mass is 9.97. The smallest absolute Gasteiger partial charge is 0.321 e. The van der Waals surface area contributed by atoms with Crippen molar-refractivity contribution in [1.29, 1.82) is 0 Å². The van der Waals surface area contributed by atoms with Gasteiger partial charge in [0.2, 0.25) is 0 Å². The van der Waals surface area contributed by atoms with E-state index in [2.05, 4.69) is 10.6 Å². The van der Waals surface area contributed by atoms with Gasteiger partial charge in [-0.15, -0.1) is 0 Å². The Morgan fingerprint density at radius 2 is 1.94 bits per heavy atom. The first kappa shape index (κ1) is 22.4. The van der Waals surface area contributed by atoms with E-state index in [0.717, 1.165) is 18.9 Å². The molecule has 1 saturated heterocycles. The number of urea groups is 1. The molecule has 31 heavy (non-hydrogen) atoms. The van der Waals surface area contributed by atoms with Crippen molar-refractivity contribution in [2.45, 2.75) is 12.8 Å². The number of anilines is 1. The number of carbonyl (C=O) groups is 2. The van der Waals surface area contributed by atoms with Gasteiger partial charge in [0.1, 0.15) is 5.75 Å². The fourth-order valence-corrected chi connectivity index (χ4v) is 3.68. The Labute approximate surface area is 184 Å². The molecule has 0 unspecified atom stereocenters. The number of ether oxygens (including phenoxy) is 1. The van der Waals surface area contributed by atoms with Gasteiger partial charge in [-0.25, -0.2) is 4.79 Å². The molecule has 2 N–H and O–H groups in total. The van der Waals surface area contributed by atoms with Gasteiger partial charge in [0.05, 0.1) is 28.3 Å². The van der Waals surface area contributed by atoms with Crippen LogP contribution in [0.3, 0.4) is 0 Å². The van der Waals surface area contributed by atoms with Crippen LogP contribution in [-0.4, -0.2) is 48.5 Å². The number of hydrogen-bond acceptors (Lipinski definition) is 5. The molecule has 9 nitrogen and oxygen atoms in total. The second kappa shape index (κ2) is 10.1. The van der Waals surface area contributed by atoms with Crippen molar-refractivity contribution in [3.8, 4) is 5.75 Å². The number of carbonyl (C=O) groups excluding carboxylic acids is 2. The van der Waals surface area contributed by atoms with Crippen LogP contribution in [0, 0.1) is 16.0 Å². The van der Waals surface area contributed by atoms with E-state index in [9.17, 15) is 19.7 Å². The van der Waals surface area contributed by atoms with Gasteiger partial charge in [-0.05, 0) is 37.0 Å². The summed E-state index contributed by atoms with van der Waals surface area (Å²) < 4.78 is 5.25. The number of nitro benzene ring substituents is 1. The number of methoxy groups -OCH3 is 1. The molecule has 1 aliphatic rings. The molecular weight excluding hydrogens is 424 g/mol. The molecule has 1 aliphatic heterocycles. The third-order valence-corrected chi connectivity index (χ3v) is 5.52. The van der Waals surface area contributed by atoms with Crippen LogP contribution >= 0.6 is 11.6 Å². The standard InChI is InChI=1S/C21H23ClN4O5/c1-31-19-5-3-2-4-18(19)24-21(28)25-10-8-14(9-11-25)13-23-20(27)16-7-6-15(26(29)30)12-17(16)22/h2-7,12,14H,8-11,13H2,1H3,(H,23,27)(H,24,28). The summed E-state index contributed by atoms with van der Waals surface area (Å²) >= 11 is 6.01. The predicted octanol–water partition coefficient (Wildman–Crippen LogP) is 3.93. The number of nitro groups is 1. The minimum absolute atomic E-state index is 0.0366. The number of piperidine rings is 1. The van der Waals surface area contributed by atoms with Crippen LogP contribution < -0.4 is 15.4 Å². The highest BCUT2D eigenvalue weighted by Crippen LogP contribution is 2.25. The highest BCUT2D eigenvalue weighted by molar-refractivity contribution is 6.34. The van der Waals surface area contributed by atoms with Crippen LogP contribution in [0.5, 0.6) is 5.75 Å². The first-order valence-electron chi connectivity index (χ1n) is 9.80. The van der Waals surface area contributed by atoms with Crippen molar-refractivity contribution in [2.75, 3.05) is 32.1 Å². The van der Waals surface area contributed by atoms with Gasteiger partial charge in [-0.1, -0.05) is 23.7 Å². The quantitative estimate of drug-likeness (QED) is 0.515. The number of rotatable bonds is 6. The summed E-state index contributed by atoms with van der Waals surface area (Å²) in [4.78, 5) is 36.9. The first-order valence-corrected chi connectivity index (χ1v) is 10.2. The van der Waals surface area contributed by atoms with Gasteiger partial charge in [0.15, 0.2) is 0 Å². The third kappa shape index (κ3) is 5.64. The largest absolute Gasteiger partial charge is 0.495 e. The van der Waals surface area contributed by atoms with Crippen LogP contribution in [-0.2, 0) is 0 Å². The molecule has 2 aromatic carbocycles. The molecule has 2 aromatic rings. The average Bonchev–Trinajstić information content (AvgIpc) is 2.78. The van der Waals surface area contributed by atoms with Crippen molar-refractivity contribution >= 4 is 34.9 Å². The summed E-state index contributed by atoms with van der Waals surface area (Å²) in [5, 5.41) is 16.5. The molecule has 164 valence electrons. The van der Waals surface area contributed by atoms with E-state index in [1.807, 2.05) is 12.1 Å². The number of non-ortho nitro benzene ring substituents is 1. The summed E-state index contributed by atoms with van der Waals surface area (Å²) in [6, 6.07) is 10.8. The number of nitrogens with zero attached hydrogens (tertiary/aromatic N) is 2. The topological polar surface area (TPSA) is 114 Å². The summed E-state index contributed by atoms with van der Waals surface area (Å²) in [6.45, 7) is 1.58.